The molecule has 1 unspecified atom stereocenters. The Balaban J connectivity index is 1.96. The Labute approximate surface area is 141 Å². The monoisotopic (exact) mass is 323 g/mol. The van der Waals surface area contributed by atoms with Crippen LogP contribution in [0.2, 0.25) is 0 Å². The summed E-state index contributed by atoms with van der Waals surface area (Å²) in [5.74, 6) is 2.71. The van der Waals surface area contributed by atoms with E-state index in [4.69, 9.17) is 6.42 Å². The van der Waals surface area contributed by atoms with Crippen molar-refractivity contribution in [2.75, 3.05) is 6.54 Å². The van der Waals surface area contributed by atoms with Gasteiger partial charge in [-0.1, -0.05) is 30.2 Å². The van der Waals surface area contributed by atoms with Crippen LogP contribution in [0.3, 0.4) is 0 Å². The van der Waals surface area contributed by atoms with E-state index >= 15 is 0 Å². The Morgan fingerprint density at radius 2 is 2.00 bits per heavy atom. The van der Waals surface area contributed by atoms with Crippen LogP contribution in [0.4, 0.5) is 0 Å². The first-order valence-corrected chi connectivity index (χ1v) is 8.04. The van der Waals surface area contributed by atoms with Crippen LogP contribution in [0.25, 0.3) is 0 Å². The van der Waals surface area contributed by atoms with E-state index in [-0.39, 0.29) is 17.3 Å². The normalized spacial score (nSPS) is 16.2. The zero-order chi connectivity index (χ0) is 17.3. The van der Waals surface area contributed by atoms with Crippen LogP contribution in [0, 0.1) is 12.3 Å². The van der Waals surface area contributed by atoms with Crippen molar-refractivity contribution in [1.82, 2.24) is 14.0 Å². The largest absolute Gasteiger partial charge is 0.330 e. The number of terminal acetylenes is 1. The molecule has 1 heterocycles. The number of nitrogens with zero attached hydrogens (tertiary/aromatic N) is 3. The maximum atomic E-state index is 12.1. The molecule has 5 nitrogen and oxygen atoms in total. The van der Waals surface area contributed by atoms with Crippen molar-refractivity contribution in [3.05, 3.63) is 68.0 Å². The molecule has 1 aliphatic carbocycles. The quantitative estimate of drug-likeness (QED) is 0.795. The number of aromatic nitrogens is 2. The van der Waals surface area contributed by atoms with Gasteiger partial charge in [-0.15, -0.1) is 6.42 Å². The average molecular weight is 323 g/mol. The molecule has 1 aliphatic rings. The van der Waals surface area contributed by atoms with Crippen molar-refractivity contribution < 1.29 is 0 Å². The predicted molar refractivity (Wildman–Crippen MR) is 93.7 cm³/mol. The molecule has 5 heteroatoms. The minimum absolute atomic E-state index is 0.219. The van der Waals surface area contributed by atoms with E-state index in [0.717, 1.165) is 17.4 Å². The number of benzene rings is 1. The van der Waals surface area contributed by atoms with Crippen molar-refractivity contribution in [3.63, 3.8) is 0 Å². The van der Waals surface area contributed by atoms with E-state index < -0.39 is 0 Å². The Morgan fingerprint density at radius 3 is 2.75 bits per heavy atom. The van der Waals surface area contributed by atoms with Crippen molar-refractivity contribution in [2.45, 2.75) is 25.4 Å². The van der Waals surface area contributed by atoms with Crippen molar-refractivity contribution >= 4 is 0 Å². The first kappa shape index (κ1) is 16.3. The summed E-state index contributed by atoms with van der Waals surface area (Å²) < 4.78 is 2.63. The van der Waals surface area contributed by atoms with Crippen molar-refractivity contribution in [2.24, 2.45) is 14.1 Å². The van der Waals surface area contributed by atoms with E-state index in [2.05, 4.69) is 29.0 Å². The van der Waals surface area contributed by atoms with Crippen molar-refractivity contribution in [1.29, 1.82) is 0 Å². The van der Waals surface area contributed by atoms with E-state index in [1.54, 1.807) is 7.05 Å². The van der Waals surface area contributed by atoms with Crippen LogP contribution in [-0.4, -0.2) is 20.6 Å². The molecule has 1 aromatic heterocycles. The molecule has 1 aromatic carbocycles. The van der Waals surface area contributed by atoms with Crippen molar-refractivity contribution in [3.8, 4) is 12.3 Å². The summed E-state index contributed by atoms with van der Waals surface area (Å²) in [4.78, 5) is 26.3. The summed E-state index contributed by atoms with van der Waals surface area (Å²) in [5.41, 5.74) is 2.72. The molecule has 0 bridgehead atoms. The highest BCUT2D eigenvalue weighted by molar-refractivity contribution is 5.34. The maximum Gasteiger partial charge on any atom is 0.330 e. The predicted octanol–water partition coefficient (Wildman–Crippen LogP) is 1.21. The second-order valence-corrected chi connectivity index (χ2v) is 6.24. The summed E-state index contributed by atoms with van der Waals surface area (Å²) in [7, 11) is 3.18. The van der Waals surface area contributed by atoms with Gasteiger partial charge in [0.2, 0.25) is 0 Å². The first-order chi connectivity index (χ1) is 11.5. The molecule has 0 aliphatic heterocycles. The highest BCUT2D eigenvalue weighted by Gasteiger charge is 2.27. The van der Waals surface area contributed by atoms with Gasteiger partial charge >= 0.3 is 5.69 Å². The topological polar surface area (TPSA) is 47.2 Å². The van der Waals surface area contributed by atoms with Gasteiger partial charge in [0.25, 0.3) is 5.56 Å². The van der Waals surface area contributed by atoms with Crippen LogP contribution >= 0.6 is 0 Å². The number of rotatable bonds is 4. The number of hydrogen-bond acceptors (Lipinski definition) is 3. The van der Waals surface area contributed by atoms with Gasteiger partial charge in [-0.2, -0.15) is 0 Å². The van der Waals surface area contributed by atoms with Crippen LogP contribution in [0.1, 0.15) is 29.3 Å². The molecule has 0 saturated heterocycles. The molecule has 0 N–H and O–H groups in total. The molecule has 1 atom stereocenters. The minimum atomic E-state index is -0.315. The molecule has 24 heavy (non-hydrogen) atoms. The highest BCUT2D eigenvalue weighted by Crippen LogP contribution is 2.35. The lowest BCUT2D eigenvalue weighted by Crippen LogP contribution is -2.40. The molecular formula is C19H21N3O2. The zero-order valence-corrected chi connectivity index (χ0v) is 14.0. The summed E-state index contributed by atoms with van der Waals surface area (Å²) in [5, 5.41) is 0. The second-order valence-electron chi connectivity index (χ2n) is 6.24. The van der Waals surface area contributed by atoms with Crippen LogP contribution < -0.4 is 11.2 Å². The molecule has 0 amide bonds. The second kappa shape index (κ2) is 6.50. The van der Waals surface area contributed by atoms with Gasteiger partial charge in [0.15, 0.2) is 0 Å². The van der Waals surface area contributed by atoms with Gasteiger partial charge in [-0.25, -0.2) is 4.79 Å². The Bertz CT molecular complexity index is 917. The number of aryl methyl sites for hydroxylation is 1. The van der Waals surface area contributed by atoms with Crippen LogP contribution in [0.15, 0.2) is 39.9 Å². The number of fused-ring (bicyclic) bond motifs is 1. The first-order valence-electron chi connectivity index (χ1n) is 8.04. The third-order valence-electron chi connectivity index (χ3n) is 4.83. The summed E-state index contributed by atoms with van der Waals surface area (Å²) >= 11 is 0. The fourth-order valence-corrected chi connectivity index (χ4v) is 3.45. The highest BCUT2D eigenvalue weighted by atomic mass is 16.2. The number of hydrogen-bond donors (Lipinski definition) is 0. The lowest BCUT2D eigenvalue weighted by molar-refractivity contribution is 0.207. The molecule has 0 fully saturated rings. The maximum absolute atomic E-state index is 12.1. The summed E-state index contributed by atoms with van der Waals surface area (Å²) in [6, 6.07) is 10.1. The molecule has 0 radical (unpaired) electrons. The Hall–Kier alpha value is -2.58. The molecule has 2 aromatic rings. The smallest absolute Gasteiger partial charge is 0.299 e. The fraction of sp³-hybridized carbons (Fsp3) is 0.368. The SMILES string of the molecule is C#CCN(Cc1cc(=O)n(C)c(=O)n1C)C1CCc2ccccc21. The van der Waals surface area contributed by atoms with Crippen LogP contribution in [0.5, 0.6) is 0 Å². The lowest BCUT2D eigenvalue weighted by atomic mass is 10.1. The van der Waals surface area contributed by atoms with E-state index in [1.807, 2.05) is 6.07 Å². The molecule has 124 valence electrons. The van der Waals surface area contributed by atoms with E-state index in [0.29, 0.717) is 18.8 Å². The van der Waals surface area contributed by atoms with Gasteiger partial charge in [0.05, 0.1) is 6.54 Å². The standard InChI is InChI=1S/C19H21N3O2/c1-4-11-22(17-10-9-14-7-5-6-8-16(14)17)13-15-12-18(23)21(3)19(24)20(15)2/h1,5-8,12,17H,9-11,13H2,2-3H3. The van der Waals surface area contributed by atoms with Gasteiger partial charge in [0, 0.05) is 38.4 Å². The third-order valence-corrected chi connectivity index (χ3v) is 4.83. The Kier molecular flexibility index (Phi) is 4.41. The lowest BCUT2D eigenvalue weighted by Gasteiger charge is -2.28. The van der Waals surface area contributed by atoms with Gasteiger partial charge in [0.1, 0.15) is 0 Å². The molecule has 0 saturated carbocycles. The summed E-state index contributed by atoms with van der Waals surface area (Å²) in [6.07, 6.45) is 7.59. The zero-order valence-electron chi connectivity index (χ0n) is 14.0. The van der Waals surface area contributed by atoms with E-state index in [9.17, 15) is 9.59 Å². The van der Waals surface area contributed by atoms with Gasteiger partial charge in [-0.05, 0) is 24.0 Å². The minimum Gasteiger partial charge on any atom is -0.299 e. The molecule has 3 rings (SSSR count). The van der Waals surface area contributed by atoms with Gasteiger partial charge < -0.3 is 0 Å². The fourth-order valence-electron chi connectivity index (χ4n) is 3.45. The van der Waals surface area contributed by atoms with Crippen LogP contribution in [-0.2, 0) is 27.1 Å². The molecule has 0 spiro atoms. The van der Waals surface area contributed by atoms with E-state index in [1.165, 1.54) is 28.8 Å². The average Bonchev–Trinajstić information content (AvgIpc) is 3.01. The summed E-state index contributed by atoms with van der Waals surface area (Å²) in [6.45, 7) is 0.952. The Morgan fingerprint density at radius 1 is 1.25 bits per heavy atom. The van der Waals surface area contributed by atoms with Gasteiger partial charge in [-0.3, -0.25) is 18.8 Å². The third kappa shape index (κ3) is 2.81. The molecular weight excluding hydrogens is 302 g/mol.